The second-order valence-corrected chi connectivity index (χ2v) is 18.7. The fourth-order valence-corrected chi connectivity index (χ4v) is 11.9. The summed E-state index contributed by atoms with van der Waals surface area (Å²) < 4.78 is 0. The second kappa shape index (κ2) is 8.11. The predicted molar refractivity (Wildman–Crippen MR) is 100 cm³/mol. The summed E-state index contributed by atoms with van der Waals surface area (Å²) in [5, 5.41) is 0. The molecular formula is C16H40N2Si2. The molecule has 0 saturated carbocycles. The summed E-state index contributed by atoms with van der Waals surface area (Å²) in [6, 6.07) is 0. The lowest BCUT2D eigenvalue weighted by molar-refractivity contribution is 0.167. The third-order valence-corrected chi connectivity index (χ3v) is 9.73. The van der Waals surface area contributed by atoms with Gasteiger partial charge in [0.25, 0.3) is 0 Å². The Morgan fingerprint density at radius 3 is 0.850 bits per heavy atom. The Hall–Kier alpha value is 0.354. The number of nitrogens with zero attached hydrogens (tertiary/aromatic N) is 2. The predicted octanol–water partition coefficient (Wildman–Crippen LogP) is 4.16. The van der Waals surface area contributed by atoms with Gasteiger partial charge in [-0.2, -0.15) is 0 Å². The minimum Gasteiger partial charge on any atom is -0.302 e. The van der Waals surface area contributed by atoms with Crippen molar-refractivity contribution in [3.63, 3.8) is 0 Å². The molecule has 0 aromatic carbocycles. The molecule has 0 aliphatic rings. The van der Waals surface area contributed by atoms with E-state index < -0.39 is 16.1 Å². The molecule has 4 heteroatoms. The minimum absolute atomic E-state index is 0.782. The highest BCUT2D eigenvalue weighted by Gasteiger charge is 2.45. The van der Waals surface area contributed by atoms with E-state index in [0.29, 0.717) is 0 Å². The van der Waals surface area contributed by atoms with E-state index in [1.165, 1.54) is 26.2 Å². The second-order valence-electron chi connectivity index (χ2n) is 8.06. The molecule has 2 atom stereocenters. The van der Waals surface area contributed by atoms with Crippen LogP contribution in [0, 0.1) is 0 Å². The van der Waals surface area contributed by atoms with Crippen LogP contribution in [0.25, 0.3) is 0 Å². The van der Waals surface area contributed by atoms with Crippen molar-refractivity contribution in [3.8, 4) is 0 Å². The van der Waals surface area contributed by atoms with E-state index >= 15 is 0 Å². The van der Waals surface area contributed by atoms with Gasteiger partial charge in [-0.15, -0.1) is 0 Å². The summed E-state index contributed by atoms with van der Waals surface area (Å²) in [6.07, 6.45) is 0. The average molecular weight is 317 g/mol. The van der Waals surface area contributed by atoms with Crippen LogP contribution >= 0.6 is 0 Å². The Morgan fingerprint density at radius 2 is 0.750 bits per heavy atom. The van der Waals surface area contributed by atoms with Crippen LogP contribution in [-0.2, 0) is 0 Å². The summed E-state index contributed by atoms with van der Waals surface area (Å²) in [6.45, 7) is 29.5. The van der Waals surface area contributed by atoms with Crippen molar-refractivity contribution in [2.45, 2.75) is 78.3 Å². The van der Waals surface area contributed by atoms with Crippen LogP contribution in [0.1, 0.15) is 27.7 Å². The molecule has 122 valence electrons. The van der Waals surface area contributed by atoms with Gasteiger partial charge in [-0.3, -0.25) is 0 Å². The molecule has 0 saturated heterocycles. The molecule has 0 N–H and O–H groups in total. The van der Waals surface area contributed by atoms with Crippen molar-refractivity contribution in [2.24, 2.45) is 0 Å². The molecule has 0 rings (SSSR count). The molecule has 2 nitrogen and oxygen atoms in total. The van der Waals surface area contributed by atoms with E-state index in [1.54, 1.807) is 0 Å². The number of likely N-dealkylation sites (N-methyl/N-ethyl adjacent to an activating group) is 2. The number of hydrogen-bond donors (Lipinski definition) is 0. The van der Waals surface area contributed by atoms with Crippen molar-refractivity contribution in [3.05, 3.63) is 0 Å². The van der Waals surface area contributed by atoms with Gasteiger partial charge in [0.15, 0.2) is 0 Å². The molecule has 0 spiro atoms. The zero-order valence-corrected chi connectivity index (χ0v) is 17.9. The Labute approximate surface area is 130 Å². The number of rotatable bonds is 9. The zero-order valence-electron chi connectivity index (χ0n) is 15.9. The Morgan fingerprint density at radius 1 is 0.550 bits per heavy atom. The van der Waals surface area contributed by atoms with E-state index in [2.05, 4.69) is 76.8 Å². The van der Waals surface area contributed by atoms with Gasteiger partial charge in [-0.1, -0.05) is 67.0 Å². The number of hydrogen-bond acceptors (Lipinski definition) is 2. The molecule has 0 fully saturated rings. The lowest BCUT2D eigenvalue weighted by atomic mass is 10.4. The van der Waals surface area contributed by atoms with Crippen LogP contribution in [0.2, 0.25) is 39.3 Å². The summed E-state index contributed by atoms with van der Waals surface area (Å²) in [5.74, 6) is 0. The molecule has 0 bridgehead atoms. The standard InChI is InChI=1S/C16H40N2Si2/c1-11-17(12-2)15(19(5,6)7)16(20(8,9)10)18(13-3)14-4/h15-16H,11-14H2,1-10H3. The maximum absolute atomic E-state index is 2.76. The van der Waals surface area contributed by atoms with E-state index in [0.717, 1.165) is 11.3 Å². The first-order chi connectivity index (χ1) is 9.04. The largest absolute Gasteiger partial charge is 0.302 e. The van der Waals surface area contributed by atoms with Crippen molar-refractivity contribution in [2.75, 3.05) is 26.2 Å². The van der Waals surface area contributed by atoms with Gasteiger partial charge < -0.3 is 9.80 Å². The van der Waals surface area contributed by atoms with E-state index in [-0.39, 0.29) is 0 Å². The van der Waals surface area contributed by atoms with Crippen molar-refractivity contribution in [1.29, 1.82) is 0 Å². The fourth-order valence-electron chi connectivity index (χ4n) is 3.68. The monoisotopic (exact) mass is 316 g/mol. The van der Waals surface area contributed by atoms with Gasteiger partial charge >= 0.3 is 0 Å². The van der Waals surface area contributed by atoms with Crippen LogP contribution in [0.15, 0.2) is 0 Å². The summed E-state index contributed by atoms with van der Waals surface area (Å²) >= 11 is 0. The van der Waals surface area contributed by atoms with E-state index in [1.807, 2.05) is 0 Å². The highest BCUT2D eigenvalue weighted by Crippen LogP contribution is 2.28. The van der Waals surface area contributed by atoms with E-state index in [4.69, 9.17) is 0 Å². The highest BCUT2D eigenvalue weighted by molar-refractivity contribution is 6.83. The first-order valence-corrected chi connectivity index (χ1v) is 15.7. The van der Waals surface area contributed by atoms with Gasteiger partial charge in [0.05, 0.1) is 16.1 Å². The highest BCUT2D eigenvalue weighted by atomic mass is 28.3. The average Bonchev–Trinajstić information content (AvgIpc) is 2.31. The molecule has 0 aliphatic heterocycles. The Kier molecular flexibility index (Phi) is 8.25. The van der Waals surface area contributed by atoms with Gasteiger partial charge in [-0.05, 0) is 26.2 Å². The van der Waals surface area contributed by atoms with Crippen LogP contribution in [-0.4, -0.2) is 63.5 Å². The SMILES string of the molecule is CCN(CC)C(C(N(CC)CC)[Si](C)(C)C)[Si](C)(C)C. The lowest BCUT2D eigenvalue weighted by Crippen LogP contribution is -2.69. The summed E-state index contributed by atoms with van der Waals surface area (Å²) in [7, 11) is -2.48. The fraction of sp³-hybridized carbons (Fsp3) is 1.00. The van der Waals surface area contributed by atoms with Crippen LogP contribution in [0.3, 0.4) is 0 Å². The third kappa shape index (κ3) is 5.28. The van der Waals surface area contributed by atoms with Crippen molar-refractivity contribution < 1.29 is 0 Å². The smallest absolute Gasteiger partial charge is 0.0654 e. The van der Waals surface area contributed by atoms with E-state index in [9.17, 15) is 0 Å². The third-order valence-electron chi connectivity index (χ3n) is 4.49. The van der Waals surface area contributed by atoms with Gasteiger partial charge in [-0.25, -0.2) is 0 Å². The molecular weight excluding hydrogens is 276 g/mol. The van der Waals surface area contributed by atoms with Crippen molar-refractivity contribution >= 4 is 16.1 Å². The normalized spacial score (nSPS) is 16.8. The maximum atomic E-state index is 2.76. The molecule has 0 amide bonds. The minimum atomic E-state index is -1.24. The summed E-state index contributed by atoms with van der Waals surface area (Å²) in [4.78, 5) is 5.51. The molecule has 0 aromatic rings. The maximum Gasteiger partial charge on any atom is 0.0654 e. The Balaban J connectivity index is 5.76. The van der Waals surface area contributed by atoms with Gasteiger partial charge in [0.1, 0.15) is 0 Å². The first kappa shape index (κ1) is 20.4. The molecule has 2 unspecified atom stereocenters. The first-order valence-electron chi connectivity index (χ1n) is 8.52. The quantitative estimate of drug-likeness (QED) is 0.589. The molecule has 0 radical (unpaired) electrons. The molecule has 20 heavy (non-hydrogen) atoms. The summed E-state index contributed by atoms with van der Waals surface area (Å²) in [5.41, 5.74) is 1.56. The zero-order chi connectivity index (χ0) is 16.1. The van der Waals surface area contributed by atoms with Crippen LogP contribution < -0.4 is 0 Å². The van der Waals surface area contributed by atoms with Crippen molar-refractivity contribution in [1.82, 2.24) is 9.80 Å². The molecule has 0 heterocycles. The van der Waals surface area contributed by atoms with Crippen LogP contribution in [0.5, 0.6) is 0 Å². The lowest BCUT2D eigenvalue weighted by Gasteiger charge is -2.51. The van der Waals surface area contributed by atoms with Crippen LogP contribution in [0.4, 0.5) is 0 Å². The van der Waals surface area contributed by atoms with Gasteiger partial charge in [0, 0.05) is 11.3 Å². The Bertz CT molecular complexity index is 233. The molecule has 0 aliphatic carbocycles. The van der Waals surface area contributed by atoms with Gasteiger partial charge in [0.2, 0.25) is 0 Å². The topological polar surface area (TPSA) is 6.48 Å². The molecule has 0 aromatic heterocycles.